The maximum absolute atomic E-state index is 10.9. The molecule has 0 atom stereocenters. The summed E-state index contributed by atoms with van der Waals surface area (Å²) < 4.78 is 24.0. The van der Waals surface area contributed by atoms with Crippen molar-refractivity contribution in [3.05, 3.63) is 18.2 Å². The van der Waals surface area contributed by atoms with E-state index in [1.165, 1.54) is 18.2 Å². The van der Waals surface area contributed by atoms with Crippen molar-refractivity contribution in [1.29, 1.82) is 0 Å². The van der Waals surface area contributed by atoms with E-state index in [-0.39, 0.29) is 16.8 Å². The molecule has 1 rings (SSSR count). The number of nitrogens with two attached hydrogens (primary N) is 1. The van der Waals surface area contributed by atoms with Gasteiger partial charge in [0.1, 0.15) is 0 Å². The van der Waals surface area contributed by atoms with Crippen molar-refractivity contribution in [3.63, 3.8) is 0 Å². The van der Waals surface area contributed by atoms with Crippen LogP contribution in [0.1, 0.15) is 0 Å². The highest BCUT2D eigenvalue weighted by molar-refractivity contribution is 7.92. The van der Waals surface area contributed by atoms with Crippen LogP contribution in [0.4, 0.5) is 11.4 Å². The van der Waals surface area contributed by atoms with Gasteiger partial charge in [0.2, 0.25) is 10.0 Å². The Morgan fingerprint density at radius 1 is 1.33 bits per heavy atom. The van der Waals surface area contributed by atoms with E-state index >= 15 is 0 Å². The highest BCUT2D eigenvalue weighted by Gasteiger charge is 2.13. The molecule has 0 saturated heterocycles. The van der Waals surface area contributed by atoms with E-state index in [0.29, 0.717) is 0 Å². The van der Waals surface area contributed by atoms with Crippen molar-refractivity contribution in [2.45, 2.75) is 0 Å². The van der Waals surface area contributed by atoms with Crippen LogP contribution >= 0.6 is 0 Å². The van der Waals surface area contributed by atoms with Crippen LogP contribution in [-0.4, -0.2) is 31.8 Å². The molecule has 1 aromatic carbocycles. The topological polar surface area (TPSA) is 113 Å². The van der Waals surface area contributed by atoms with Crippen LogP contribution in [0.3, 0.4) is 0 Å². The zero-order valence-corrected chi connectivity index (χ0v) is 8.82. The molecule has 15 heavy (non-hydrogen) atoms. The summed E-state index contributed by atoms with van der Waals surface area (Å²) in [5.74, 6) is 0. The van der Waals surface area contributed by atoms with Crippen molar-refractivity contribution in [3.8, 4) is 0 Å². The second-order valence-corrected chi connectivity index (χ2v) is 4.88. The molecule has 6 nitrogen and oxygen atoms in total. The molecule has 1 aromatic rings. The van der Waals surface area contributed by atoms with Crippen LogP contribution in [0.5, 0.6) is 0 Å². The van der Waals surface area contributed by atoms with Crippen molar-refractivity contribution >= 4 is 34.0 Å². The van der Waals surface area contributed by atoms with Gasteiger partial charge in [-0.15, -0.1) is 0 Å². The largest absolute Gasteiger partial charge is 0.488 e. The zero-order chi connectivity index (χ0) is 11.6. The first kappa shape index (κ1) is 11.8. The lowest BCUT2D eigenvalue weighted by atomic mass is 9.80. The van der Waals surface area contributed by atoms with Gasteiger partial charge >= 0.3 is 7.12 Å². The van der Waals surface area contributed by atoms with Gasteiger partial charge in [-0.05, 0) is 23.7 Å². The molecule has 8 heteroatoms. The Bertz CT molecular complexity index is 460. The Kier molecular flexibility index (Phi) is 3.23. The second-order valence-electron chi connectivity index (χ2n) is 3.14. The number of nitrogen functional groups attached to an aromatic ring is 1. The third kappa shape index (κ3) is 3.78. The lowest BCUT2D eigenvalue weighted by Crippen LogP contribution is -2.30. The van der Waals surface area contributed by atoms with Gasteiger partial charge in [0.05, 0.1) is 11.9 Å². The van der Waals surface area contributed by atoms with E-state index in [9.17, 15) is 8.42 Å². The van der Waals surface area contributed by atoms with Gasteiger partial charge in [0.15, 0.2) is 0 Å². The molecule has 0 aromatic heterocycles. The first-order chi connectivity index (χ1) is 6.78. The predicted molar refractivity (Wildman–Crippen MR) is 59.1 cm³/mol. The minimum absolute atomic E-state index is 0.126. The normalized spacial score (nSPS) is 11.1. The average Bonchev–Trinajstić information content (AvgIpc) is 1.99. The molecule has 0 radical (unpaired) electrons. The maximum Gasteiger partial charge on any atom is 0.488 e. The van der Waals surface area contributed by atoms with Crippen LogP contribution in [-0.2, 0) is 10.0 Å². The summed E-state index contributed by atoms with van der Waals surface area (Å²) in [6.45, 7) is 0. The SMILES string of the molecule is CS(=O)(=O)Nc1cc(N)cc(B(O)O)c1. The number of anilines is 2. The Labute approximate surface area is 87.9 Å². The fourth-order valence-corrected chi connectivity index (χ4v) is 1.64. The summed E-state index contributed by atoms with van der Waals surface area (Å²) in [5.41, 5.74) is 6.02. The van der Waals surface area contributed by atoms with Crippen molar-refractivity contribution in [2.24, 2.45) is 0 Å². The molecular weight excluding hydrogens is 219 g/mol. The number of hydrogen-bond acceptors (Lipinski definition) is 5. The number of rotatable bonds is 3. The van der Waals surface area contributed by atoms with Crippen molar-refractivity contribution in [2.75, 3.05) is 16.7 Å². The van der Waals surface area contributed by atoms with E-state index < -0.39 is 17.1 Å². The average molecular weight is 230 g/mol. The molecule has 0 aliphatic rings. The molecule has 0 fully saturated rings. The lowest BCUT2D eigenvalue weighted by molar-refractivity contribution is 0.426. The highest BCUT2D eigenvalue weighted by atomic mass is 32.2. The van der Waals surface area contributed by atoms with Crippen LogP contribution in [0, 0.1) is 0 Å². The summed E-state index contributed by atoms with van der Waals surface area (Å²) >= 11 is 0. The zero-order valence-electron chi connectivity index (χ0n) is 8.01. The third-order valence-electron chi connectivity index (χ3n) is 1.58. The number of sulfonamides is 1. The molecule has 0 heterocycles. The Hall–Kier alpha value is -1.25. The van der Waals surface area contributed by atoms with Gasteiger partial charge in [-0.1, -0.05) is 0 Å². The van der Waals surface area contributed by atoms with Gasteiger partial charge in [-0.25, -0.2) is 8.42 Å². The highest BCUT2D eigenvalue weighted by Crippen LogP contribution is 2.11. The summed E-state index contributed by atoms with van der Waals surface area (Å²) in [4.78, 5) is 0. The molecule has 0 spiro atoms. The fraction of sp³-hybridized carbons (Fsp3) is 0.143. The number of benzene rings is 1. The van der Waals surface area contributed by atoms with Gasteiger partial charge in [0.25, 0.3) is 0 Å². The van der Waals surface area contributed by atoms with Gasteiger partial charge in [0, 0.05) is 5.69 Å². The van der Waals surface area contributed by atoms with Crippen LogP contribution < -0.4 is 15.9 Å². The third-order valence-corrected chi connectivity index (χ3v) is 2.19. The molecule has 0 aliphatic heterocycles. The minimum atomic E-state index is -3.41. The molecule has 0 bridgehead atoms. The second kappa shape index (κ2) is 4.09. The van der Waals surface area contributed by atoms with Gasteiger partial charge in [-0.3, -0.25) is 4.72 Å². The summed E-state index contributed by atoms with van der Waals surface area (Å²) in [7, 11) is -5.09. The Morgan fingerprint density at radius 3 is 2.40 bits per heavy atom. The smallest absolute Gasteiger partial charge is 0.423 e. The standard InChI is InChI=1S/C7H11BN2O4S/c1-15(13,14)10-7-3-5(8(11)12)2-6(9)4-7/h2-4,10-12H,9H2,1H3. The van der Waals surface area contributed by atoms with E-state index in [4.69, 9.17) is 15.8 Å². The van der Waals surface area contributed by atoms with E-state index in [2.05, 4.69) is 4.72 Å². The molecule has 0 amide bonds. The maximum atomic E-state index is 10.9. The Morgan fingerprint density at radius 2 is 1.93 bits per heavy atom. The lowest BCUT2D eigenvalue weighted by Gasteiger charge is -2.07. The van der Waals surface area contributed by atoms with Crippen LogP contribution in [0.25, 0.3) is 0 Å². The van der Waals surface area contributed by atoms with Gasteiger partial charge in [-0.2, -0.15) is 0 Å². The molecule has 0 aliphatic carbocycles. The summed E-state index contributed by atoms with van der Waals surface area (Å²) in [6, 6.07) is 4.02. The van der Waals surface area contributed by atoms with Crippen molar-refractivity contribution < 1.29 is 18.5 Å². The molecule has 82 valence electrons. The Balaban J connectivity index is 3.10. The van der Waals surface area contributed by atoms with Crippen LogP contribution in [0.2, 0.25) is 0 Å². The van der Waals surface area contributed by atoms with Gasteiger partial charge < -0.3 is 15.8 Å². The van der Waals surface area contributed by atoms with Crippen LogP contribution in [0.15, 0.2) is 18.2 Å². The minimum Gasteiger partial charge on any atom is -0.423 e. The van der Waals surface area contributed by atoms with Crippen molar-refractivity contribution in [1.82, 2.24) is 0 Å². The van der Waals surface area contributed by atoms with E-state index in [1.54, 1.807) is 0 Å². The summed E-state index contributed by atoms with van der Waals surface area (Å²) in [5, 5.41) is 17.8. The fourth-order valence-electron chi connectivity index (χ4n) is 1.10. The molecule has 5 N–H and O–H groups in total. The van der Waals surface area contributed by atoms with E-state index in [1.807, 2.05) is 0 Å². The van der Waals surface area contributed by atoms with E-state index in [0.717, 1.165) is 6.26 Å². The monoisotopic (exact) mass is 230 g/mol. The first-order valence-electron chi connectivity index (χ1n) is 4.02. The first-order valence-corrected chi connectivity index (χ1v) is 5.91. The number of hydrogen-bond donors (Lipinski definition) is 4. The molecule has 0 unspecified atom stereocenters. The molecule has 0 saturated carbocycles. The predicted octanol–water partition coefficient (Wildman–Crippen LogP) is -1.68. The number of nitrogens with one attached hydrogen (secondary N) is 1. The summed E-state index contributed by atoms with van der Waals surface area (Å²) in [6.07, 6.45) is 0.991. The molecular formula is C7H11BN2O4S. The quantitative estimate of drug-likeness (QED) is 0.366.